The third-order valence-corrected chi connectivity index (χ3v) is 6.76. The van der Waals surface area contributed by atoms with Crippen molar-refractivity contribution in [3.8, 4) is 0 Å². The molecule has 29 heavy (non-hydrogen) atoms. The molecular weight excluding hydrogens is 375 g/mol. The van der Waals surface area contributed by atoms with Crippen molar-refractivity contribution in [2.24, 2.45) is 0 Å². The Balaban J connectivity index is 1.95. The molecule has 2 nitrogen and oxygen atoms in total. The Morgan fingerprint density at radius 3 is 1.93 bits per heavy atom. The lowest BCUT2D eigenvalue weighted by molar-refractivity contribution is -0.0366. The fourth-order valence-corrected chi connectivity index (χ4v) is 5.34. The van der Waals surface area contributed by atoms with Crippen LogP contribution in [0, 0.1) is 0 Å². The van der Waals surface area contributed by atoms with Crippen LogP contribution in [0.2, 0.25) is 0 Å². The Hall–Kier alpha value is -2.79. The highest BCUT2D eigenvalue weighted by Crippen LogP contribution is 2.38. The van der Waals surface area contributed by atoms with Crippen molar-refractivity contribution < 1.29 is 9.84 Å². The van der Waals surface area contributed by atoms with Gasteiger partial charge in [0.15, 0.2) is 0 Å². The van der Waals surface area contributed by atoms with Crippen molar-refractivity contribution in [2.75, 3.05) is 0 Å². The monoisotopic (exact) mass is 401 g/mol. The molecule has 0 aliphatic heterocycles. The van der Waals surface area contributed by atoms with Crippen LogP contribution in [0.4, 0.5) is 0 Å². The molecule has 3 rings (SSSR count). The van der Waals surface area contributed by atoms with Crippen LogP contribution in [0.25, 0.3) is 6.08 Å². The van der Waals surface area contributed by atoms with Gasteiger partial charge < -0.3 is 4.74 Å². The molecule has 0 saturated carbocycles. The van der Waals surface area contributed by atoms with Crippen LogP contribution in [0.5, 0.6) is 0 Å². The van der Waals surface area contributed by atoms with Crippen molar-refractivity contribution in [1.29, 1.82) is 0 Å². The summed E-state index contributed by atoms with van der Waals surface area (Å²) in [4.78, 5) is 0. The fraction of sp³-hybridized carbons (Fsp3) is 0.192. The Bertz CT molecular complexity index is 942. The summed E-state index contributed by atoms with van der Waals surface area (Å²) >= 11 is 0. The van der Waals surface area contributed by atoms with E-state index in [0.717, 1.165) is 11.7 Å². The standard InChI is InChI=1S/C26H26O2P/c1-26(2,3)28-25(27)19-18-21-12-10-11-13-22(21)20-29(23-14-6-4-7-15-23)24-16-8-5-9-17-24/h4-18H,20H2,1-3H3. The average molecular weight is 401 g/mol. The van der Waals surface area contributed by atoms with Gasteiger partial charge in [0.2, 0.25) is 0 Å². The molecule has 0 aliphatic carbocycles. The van der Waals surface area contributed by atoms with Crippen LogP contribution in [0.15, 0.2) is 96.6 Å². The van der Waals surface area contributed by atoms with Crippen molar-refractivity contribution >= 4 is 24.6 Å². The topological polar surface area (TPSA) is 29.1 Å². The number of benzene rings is 3. The predicted molar refractivity (Wildman–Crippen MR) is 122 cm³/mol. The first-order valence-corrected chi connectivity index (χ1v) is 11.2. The molecule has 3 heteroatoms. The number of ether oxygens (including phenoxy) is 1. The molecule has 0 saturated heterocycles. The first kappa shape index (κ1) is 20.9. The molecule has 0 spiro atoms. The van der Waals surface area contributed by atoms with Gasteiger partial charge in [0.1, 0.15) is 5.60 Å². The van der Waals surface area contributed by atoms with Crippen LogP contribution < -0.4 is 10.6 Å². The highest BCUT2D eigenvalue weighted by molar-refractivity contribution is 7.72. The first-order valence-electron chi connectivity index (χ1n) is 9.71. The van der Waals surface area contributed by atoms with Gasteiger partial charge in [-0.3, -0.25) is 0 Å². The van der Waals surface area contributed by atoms with Gasteiger partial charge in [-0.15, -0.1) is 0 Å². The quantitative estimate of drug-likeness (QED) is 0.282. The zero-order valence-electron chi connectivity index (χ0n) is 17.1. The average Bonchev–Trinajstić information content (AvgIpc) is 2.71. The van der Waals surface area contributed by atoms with Gasteiger partial charge in [-0.2, -0.15) is 0 Å². The van der Waals surface area contributed by atoms with Crippen molar-refractivity contribution in [3.63, 3.8) is 0 Å². The van der Waals surface area contributed by atoms with Gasteiger partial charge in [-0.1, -0.05) is 84.9 Å². The molecule has 147 valence electrons. The van der Waals surface area contributed by atoms with Crippen molar-refractivity contribution in [2.45, 2.75) is 32.5 Å². The lowest BCUT2D eigenvalue weighted by Crippen LogP contribution is -2.17. The molecule has 0 atom stereocenters. The van der Waals surface area contributed by atoms with Gasteiger partial charge in [-0.25, -0.2) is 5.11 Å². The van der Waals surface area contributed by atoms with Crippen LogP contribution in [-0.4, -0.2) is 5.60 Å². The molecule has 0 aliphatic rings. The predicted octanol–water partition coefficient (Wildman–Crippen LogP) is 6.02. The van der Waals surface area contributed by atoms with Gasteiger partial charge in [0.25, 0.3) is 0 Å². The summed E-state index contributed by atoms with van der Waals surface area (Å²) in [6.45, 7) is 5.56. The maximum atomic E-state index is 12.0. The highest BCUT2D eigenvalue weighted by Gasteiger charge is 2.16. The molecule has 0 amide bonds. The van der Waals surface area contributed by atoms with E-state index in [1.807, 2.05) is 39.0 Å². The summed E-state index contributed by atoms with van der Waals surface area (Å²) in [7, 11) is -0.556. The molecule has 0 bridgehead atoms. The normalized spacial score (nSPS) is 11.0. The van der Waals surface area contributed by atoms with Gasteiger partial charge in [-0.05, 0) is 62.2 Å². The van der Waals surface area contributed by atoms with E-state index >= 15 is 0 Å². The Morgan fingerprint density at radius 1 is 0.862 bits per heavy atom. The third-order valence-electron chi connectivity index (χ3n) is 4.26. The van der Waals surface area contributed by atoms with Gasteiger partial charge >= 0.3 is 5.95 Å². The van der Waals surface area contributed by atoms with Crippen LogP contribution in [-0.2, 0) is 16.0 Å². The smallest absolute Gasteiger partial charge is 0.377 e. The van der Waals surface area contributed by atoms with Crippen molar-refractivity contribution in [1.82, 2.24) is 0 Å². The second-order valence-corrected chi connectivity index (χ2v) is 9.95. The van der Waals surface area contributed by atoms with E-state index in [1.165, 1.54) is 16.2 Å². The maximum Gasteiger partial charge on any atom is 0.377 e. The lowest BCUT2D eigenvalue weighted by atomic mass is 10.1. The van der Waals surface area contributed by atoms with E-state index in [-0.39, 0.29) is 0 Å². The Kier molecular flexibility index (Phi) is 6.94. The van der Waals surface area contributed by atoms with E-state index in [1.54, 1.807) is 6.08 Å². The van der Waals surface area contributed by atoms with E-state index in [9.17, 15) is 5.11 Å². The van der Waals surface area contributed by atoms with Gasteiger partial charge in [0.05, 0.1) is 0 Å². The molecule has 0 aromatic heterocycles. The molecule has 0 unspecified atom stereocenters. The summed E-state index contributed by atoms with van der Waals surface area (Å²) in [5, 5.41) is 14.7. The van der Waals surface area contributed by atoms with Crippen molar-refractivity contribution in [3.05, 3.63) is 108 Å². The summed E-state index contributed by atoms with van der Waals surface area (Å²) < 4.78 is 5.34. The van der Waals surface area contributed by atoms with Gasteiger partial charge in [0, 0.05) is 6.16 Å². The zero-order chi connectivity index (χ0) is 20.7. The summed E-state index contributed by atoms with van der Waals surface area (Å²) in [5.41, 5.74) is 4.44. The van der Waals surface area contributed by atoms with Crippen LogP contribution in [0.3, 0.4) is 0 Å². The number of hydrogen-bond donors (Lipinski definition) is 0. The second-order valence-electron chi connectivity index (χ2n) is 7.75. The molecular formula is C26H26O2P. The second kappa shape index (κ2) is 9.61. The minimum atomic E-state index is -0.556. The SMILES string of the molecule is CC(C)(C)OC([O])=C=Cc1ccccc1CP(c1ccccc1)c1ccccc1. The Labute approximate surface area is 174 Å². The third kappa shape index (κ3) is 6.36. The summed E-state index contributed by atoms with van der Waals surface area (Å²) in [6, 6.07) is 29.4. The maximum absolute atomic E-state index is 12.0. The first-order chi connectivity index (χ1) is 13.9. The van der Waals surface area contributed by atoms with E-state index in [4.69, 9.17) is 4.74 Å². The van der Waals surface area contributed by atoms with Crippen LogP contribution >= 0.6 is 7.92 Å². The Morgan fingerprint density at radius 2 is 1.38 bits per heavy atom. The number of hydrogen-bond acceptors (Lipinski definition) is 1. The molecule has 0 heterocycles. The van der Waals surface area contributed by atoms with Crippen LogP contribution in [0.1, 0.15) is 31.9 Å². The molecule has 1 radical (unpaired) electrons. The molecule has 0 fully saturated rings. The minimum Gasteiger partial charge on any atom is -0.451 e. The molecule has 0 N–H and O–H groups in total. The van der Waals surface area contributed by atoms with E-state index in [0.29, 0.717) is 0 Å². The molecule has 3 aromatic carbocycles. The zero-order valence-corrected chi connectivity index (χ0v) is 18.0. The van der Waals surface area contributed by atoms with E-state index in [2.05, 4.69) is 72.5 Å². The summed E-state index contributed by atoms with van der Waals surface area (Å²) in [5.74, 6) is -0.444. The summed E-state index contributed by atoms with van der Waals surface area (Å²) in [6.07, 6.45) is 2.64. The number of rotatable bonds is 6. The molecule has 3 aromatic rings. The minimum absolute atomic E-state index is 0.444. The lowest BCUT2D eigenvalue weighted by Gasteiger charge is -2.20. The highest BCUT2D eigenvalue weighted by atomic mass is 31.1. The fourth-order valence-electron chi connectivity index (χ4n) is 2.98. The largest absolute Gasteiger partial charge is 0.451 e. The van der Waals surface area contributed by atoms with E-state index < -0.39 is 19.5 Å².